The van der Waals surface area contributed by atoms with Crippen molar-refractivity contribution in [1.82, 2.24) is 10.2 Å². The molecule has 24 heavy (non-hydrogen) atoms. The van der Waals surface area contributed by atoms with Crippen LogP contribution >= 0.6 is 0 Å². The van der Waals surface area contributed by atoms with Crippen molar-refractivity contribution in [2.24, 2.45) is 0 Å². The van der Waals surface area contributed by atoms with Gasteiger partial charge in [0.15, 0.2) is 0 Å². The number of benzene rings is 1. The molecule has 2 rings (SSSR count). The molecular weight excluding hydrogens is 304 g/mol. The van der Waals surface area contributed by atoms with Gasteiger partial charge in [-0.3, -0.25) is 9.69 Å². The van der Waals surface area contributed by atoms with Crippen molar-refractivity contribution in [3.05, 3.63) is 35.4 Å². The Bertz CT molecular complexity index is 532. The Labute approximate surface area is 145 Å². The monoisotopic (exact) mass is 334 g/mol. The Morgan fingerprint density at radius 1 is 1.25 bits per heavy atom. The molecule has 1 aliphatic rings. The second-order valence-corrected chi connectivity index (χ2v) is 7.29. The second-order valence-electron chi connectivity index (χ2n) is 7.29. The summed E-state index contributed by atoms with van der Waals surface area (Å²) in [6.07, 6.45) is 0.439. The first-order valence-corrected chi connectivity index (χ1v) is 8.58. The minimum absolute atomic E-state index is 0.0404. The van der Waals surface area contributed by atoms with Crippen LogP contribution in [0.25, 0.3) is 0 Å². The molecule has 0 aromatic heterocycles. The Kier molecular flexibility index (Phi) is 6.38. The largest absolute Gasteiger partial charge is 0.380 e. The van der Waals surface area contributed by atoms with Crippen LogP contribution in [-0.2, 0) is 16.1 Å². The first-order valence-electron chi connectivity index (χ1n) is 8.58. The van der Waals surface area contributed by atoms with Gasteiger partial charge in [-0.15, -0.1) is 0 Å². The summed E-state index contributed by atoms with van der Waals surface area (Å²) in [5.74, 6) is -0.0404. The number of ether oxygens (including phenoxy) is 2. The smallest absolute Gasteiger partial charge is 0.251 e. The van der Waals surface area contributed by atoms with E-state index in [0.29, 0.717) is 18.7 Å². The predicted molar refractivity (Wildman–Crippen MR) is 95.1 cm³/mol. The van der Waals surface area contributed by atoms with E-state index >= 15 is 0 Å². The molecule has 0 spiro atoms. The number of nitrogens with one attached hydrogen (secondary N) is 1. The van der Waals surface area contributed by atoms with Crippen LogP contribution in [0.4, 0.5) is 0 Å². The quantitative estimate of drug-likeness (QED) is 0.868. The van der Waals surface area contributed by atoms with Gasteiger partial charge in [-0.25, -0.2) is 0 Å². The fraction of sp³-hybridized carbons (Fsp3) is 0.632. The fourth-order valence-corrected chi connectivity index (χ4v) is 3.10. The van der Waals surface area contributed by atoms with Crippen LogP contribution in [-0.4, -0.2) is 55.3 Å². The maximum absolute atomic E-state index is 12.4. The normalized spacial score (nSPS) is 22.4. The van der Waals surface area contributed by atoms with Crippen molar-refractivity contribution in [1.29, 1.82) is 0 Å². The summed E-state index contributed by atoms with van der Waals surface area (Å²) in [5, 5.41) is 3.06. The van der Waals surface area contributed by atoms with E-state index in [-0.39, 0.29) is 23.7 Å². The van der Waals surface area contributed by atoms with Crippen molar-refractivity contribution in [3.8, 4) is 0 Å². The molecule has 1 heterocycles. The van der Waals surface area contributed by atoms with E-state index in [1.165, 1.54) is 0 Å². The lowest BCUT2D eigenvalue weighted by Gasteiger charge is -2.45. The SMILES string of the molecule is COCc1ccc(C(=O)NCC(C)(C)N2C[C@@H](C)O[C@@H](C)C2)cc1. The Hall–Kier alpha value is -1.43. The van der Waals surface area contributed by atoms with Gasteiger partial charge in [0.25, 0.3) is 5.91 Å². The number of hydrogen-bond acceptors (Lipinski definition) is 4. The number of methoxy groups -OCH3 is 1. The molecule has 134 valence electrons. The number of nitrogens with zero attached hydrogens (tertiary/aromatic N) is 1. The van der Waals surface area contributed by atoms with Crippen LogP contribution < -0.4 is 5.32 Å². The highest BCUT2D eigenvalue weighted by molar-refractivity contribution is 5.94. The molecule has 5 heteroatoms. The van der Waals surface area contributed by atoms with E-state index in [4.69, 9.17) is 9.47 Å². The molecule has 5 nitrogen and oxygen atoms in total. The summed E-state index contributed by atoms with van der Waals surface area (Å²) >= 11 is 0. The number of amides is 1. The van der Waals surface area contributed by atoms with Crippen LogP contribution in [0.2, 0.25) is 0 Å². The van der Waals surface area contributed by atoms with Gasteiger partial charge in [-0.2, -0.15) is 0 Å². The standard InChI is InChI=1S/C19H30N2O3/c1-14-10-21(11-15(2)24-14)19(3,4)13-20-18(22)17-8-6-16(7-9-17)12-23-5/h6-9,14-15H,10-13H2,1-5H3,(H,20,22)/t14-,15+. The van der Waals surface area contributed by atoms with Crippen molar-refractivity contribution < 1.29 is 14.3 Å². The molecule has 2 atom stereocenters. The Morgan fingerprint density at radius 3 is 2.38 bits per heavy atom. The summed E-state index contributed by atoms with van der Waals surface area (Å²) in [7, 11) is 1.66. The van der Waals surface area contributed by atoms with Crippen LogP contribution in [0.5, 0.6) is 0 Å². The molecule has 0 unspecified atom stereocenters. The maximum atomic E-state index is 12.4. The number of rotatable bonds is 6. The van der Waals surface area contributed by atoms with Gasteiger partial charge in [-0.1, -0.05) is 12.1 Å². The highest BCUT2D eigenvalue weighted by Crippen LogP contribution is 2.20. The predicted octanol–water partition coefficient (Wildman–Crippen LogP) is 2.45. The second kappa shape index (κ2) is 8.10. The molecule has 1 fully saturated rings. The van der Waals surface area contributed by atoms with Gasteiger partial charge in [-0.05, 0) is 45.4 Å². The first-order chi connectivity index (χ1) is 11.3. The lowest BCUT2D eigenvalue weighted by molar-refractivity contribution is -0.0948. The van der Waals surface area contributed by atoms with E-state index < -0.39 is 0 Å². The van der Waals surface area contributed by atoms with Crippen LogP contribution in [0, 0.1) is 0 Å². The molecule has 1 N–H and O–H groups in total. The molecule has 1 aliphatic heterocycles. The molecule has 0 saturated carbocycles. The zero-order chi connectivity index (χ0) is 17.7. The van der Waals surface area contributed by atoms with Crippen LogP contribution in [0.3, 0.4) is 0 Å². The minimum Gasteiger partial charge on any atom is -0.380 e. The third kappa shape index (κ3) is 5.03. The molecule has 1 aromatic carbocycles. The van der Waals surface area contributed by atoms with Crippen molar-refractivity contribution in [2.75, 3.05) is 26.7 Å². The maximum Gasteiger partial charge on any atom is 0.251 e. The topological polar surface area (TPSA) is 50.8 Å². The molecule has 1 aromatic rings. The Balaban J connectivity index is 1.91. The van der Waals surface area contributed by atoms with Crippen molar-refractivity contribution in [3.63, 3.8) is 0 Å². The van der Waals surface area contributed by atoms with Gasteiger partial charge >= 0.3 is 0 Å². The number of carbonyl (C=O) groups is 1. The van der Waals surface area contributed by atoms with E-state index in [2.05, 4.69) is 37.9 Å². The first kappa shape index (κ1) is 18.9. The summed E-state index contributed by atoms with van der Waals surface area (Å²) < 4.78 is 10.9. The van der Waals surface area contributed by atoms with Gasteiger partial charge in [0.2, 0.25) is 0 Å². The number of hydrogen-bond donors (Lipinski definition) is 1. The molecule has 0 aliphatic carbocycles. The van der Waals surface area contributed by atoms with Crippen molar-refractivity contribution in [2.45, 2.75) is 52.0 Å². The molecular formula is C19H30N2O3. The van der Waals surface area contributed by atoms with E-state index in [0.717, 1.165) is 18.7 Å². The third-order valence-electron chi connectivity index (χ3n) is 4.48. The average molecular weight is 334 g/mol. The minimum atomic E-state index is -0.113. The third-order valence-corrected chi connectivity index (χ3v) is 4.48. The highest BCUT2D eigenvalue weighted by Gasteiger charge is 2.33. The lowest BCUT2D eigenvalue weighted by atomic mass is 10.00. The van der Waals surface area contributed by atoms with Crippen LogP contribution in [0.1, 0.15) is 43.6 Å². The average Bonchev–Trinajstić information content (AvgIpc) is 2.53. The number of morpholine rings is 1. The van der Waals surface area contributed by atoms with Gasteiger partial charge in [0.05, 0.1) is 18.8 Å². The summed E-state index contributed by atoms with van der Waals surface area (Å²) in [6.45, 7) is 11.5. The van der Waals surface area contributed by atoms with E-state index in [1.54, 1.807) is 7.11 Å². The highest BCUT2D eigenvalue weighted by atomic mass is 16.5. The Morgan fingerprint density at radius 2 is 1.83 bits per heavy atom. The van der Waals surface area contributed by atoms with Crippen LogP contribution in [0.15, 0.2) is 24.3 Å². The summed E-state index contributed by atoms with van der Waals surface area (Å²) in [4.78, 5) is 14.8. The van der Waals surface area contributed by atoms with Gasteiger partial charge in [0.1, 0.15) is 0 Å². The number of carbonyl (C=O) groups excluding carboxylic acids is 1. The molecule has 0 bridgehead atoms. The molecule has 0 radical (unpaired) electrons. The zero-order valence-electron chi connectivity index (χ0n) is 15.5. The summed E-state index contributed by atoms with van der Waals surface area (Å²) in [5.41, 5.74) is 1.62. The van der Waals surface area contributed by atoms with Gasteiger partial charge < -0.3 is 14.8 Å². The lowest BCUT2D eigenvalue weighted by Crippen LogP contribution is -2.58. The van der Waals surface area contributed by atoms with Gasteiger partial charge in [0, 0.05) is 37.8 Å². The zero-order valence-corrected chi connectivity index (χ0v) is 15.5. The molecule has 1 amide bonds. The van der Waals surface area contributed by atoms with E-state index in [1.807, 2.05) is 24.3 Å². The van der Waals surface area contributed by atoms with Crippen molar-refractivity contribution >= 4 is 5.91 Å². The summed E-state index contributed by atoms with van der Waals surface area (Å²) in [6, 6.07) is 7.54. The molecule has 1 saturated heterocycles. The fourth-order valence-electron chi connectivity index (χ4n) is 3.10. The van der Waals surface area contributed by atoms with E-state index in [9.17, 15) is 4.79 Å².